The zero-order valence-electron chi connectivity index (χ0n) is 13.6. The predicted molar refractivity (Wildman–Crippen MR) is 106 cm³/mol. The second kappa shape index (κ2) is 6.20. The maximum atomic E-state index is 4.63. The van der Waals surface area contributed by atoms with Crippen molar-refractivity contribution in [1.82, 2.24) is 4.98 Å². The molecule has 0 radical (unpaired) electrons. The molecular formula is C23H16BiN. The summed E-state index contributed by atoms with van der Waals surface area (Å²) in [4.78, 5) is 4.63. The van der Waals surface area contributed by atoms with E-state index < -0.39 is 21.8 Å². The van der Waals surface area contributed by atoms with Crippen molar-refractivity contribution in [3.8, 4) is 22.4 Å². The molecule has 0 spiro atoms. The Morgan fingerprint density at radius 3 is 1.52 bits per heavy atom. The second-order valence-corrected chi connectivity index (χ2v) is 14.3. The van der Waals surface area contributed by atoms with Gasteiger partial charge >= 0.3 is 156 Å². The molecule has 0 atom stereocenters. The SMILES string of the molecule is c1ccc(-c2cccc[c]2[Bi]2[c]3ccccc3-c3cccc[c]32)nc1. The molecule has 25 heavy (non-hydrogen) atoms. The van der Waals surface area contributed by atoms with Crippen molar-refractivity contribution in [2.75, 3.05) is 0 Å². The van der Waals surface area contributed by atoms with E-state index in [0.717, 1.165) is 5.69 Å². The molecule has 1 nitrogen and oxygen atoms in total. The van der Waals surface area contributed by atoms with E-state index in [1.807, 2.05) is 12.3 Å². The molecule has 2 heteroatoms. The van der Waals surface area contributed by atoms with Crippen LogP contribution in [0.3, 0.4) is 0 Å². The molecule has 4 aromatic rings. The Labute approximate surface area is 155 Å². The fraction of sp³-hybridized carbons (Fsp3) is 0. The fourth-order valence-electron chi connectivity index (χ4n) is 3.59. The standard InChI is InChI=1S/C12H8.C11H8N.Bi/c1-3-7-11(8-4-1)12-9-5-2-6-10-12;1-2-6-10(7-3-1)11-8-4-5-9-12-11;/h1-7,9H;1-6,8-9H;. The molecule has 0 aliphatic carbocycles. The number of hydrogen-bond donors (Lipinski definition) is 0. The maximum absolute atomic E-state index is 4.63. The molecule has 1 aliphatic rings. The van der Waals surface area contributed by atoms with Gasteiger partial charge in [-0.2, -0.15) is 0 Å². The summed E-state index contributed by atoms with van der Waals surface area (Å²) in [6, 6.07) is 33.0. The van der Waals surface area contributed by atoms with Gasteiger partial charge in [-0.05, 0) is 0 Å². The average molecular weight is 515 g/mol. The van der Waals surface area contributed by atoms with Gasteiger partial charge in [0.15, 0.2) is 0 Å². The molecule has 1 aromatic heterocycles. The number of benzene rings is 3. The number of fused-ring (bicyclic) bond motifs is 3. The van der Waals surface area contributed by atoms with Gasteiger partial charge in [0.2, 0.25) is 0 Å². The monoisotopic (exact) mass is 515 g/mol. The molecule has 3 aromatic carbocycles. The van der Waals surface area contributed by atoms with Gasteiger partial charge < -0.3 is 0 Å². The third-order valence-electron chi connectivity index (χ3n) is 4.67. The minimum absolute atomic E-state index is 1.08. The molecule has 1 aliphatic heterocycles. The van der Waals surface area contributed by atoms with Gasteiger partial charge in [-0.3, -0.25) is 0 Å². The van der Waals surface area contributed by atoms with E-state index in [1.165, 1.54) is 20.0 Å². The normalized spacial score (nSPS) is 12.6. The Bertz CT molecular complexity index is 1010. The van der Waals surface area contributed by atoms with Crippen LogP contribution in [0.15, 0.2) is 97.2 Å². The van der Waals surface area contributed by atoms with E-state index in [2.05, 4.69) is 89.9 Å². The van der Waals surface area contributed by atoms with Crippen LogP contribution in [0.1, 0.15) is 0 Å². The van der Waals surface area contributed by atoms with Crippen LogP contribution < -0.4 is 9.81 Å². The molecule has 0 saturated heterocycles. The molecule has 0 unspecified atom stereocenters. The van der Waals surface area contributed by atoms with Gasteiger partial charge in [0, 0.05) is 0 Å². The van der Waals surface area contributed by atoms with Crippen LogP contribution in [0, 0.1) is 0 Å². The molecule has 2 heterocycles. The Morgan fingerprint density at radius 1 is 0.480 bits per heavy atom. The van der Waals surface area contributed by atoms with Crippen molar-refractivity contribution >= 4 is 31.6 Å². The molecule has 5 rings (SSSR count). The van der Waals surface area contributed by atoms with Crippen molar-refractivity contribution in [3.05, 3.63) is 97.2 Å². The third-order valence-corrected chi connectivity index (χ3v) is 14.8. The zero-order valence-corrected chi connectivity index (χ0v) is 17.1. The zero-order chi connectivity index (χ0) is 16.6. The molecule has 0 fully saturated rings. The van der Waals surface area contributed by atoms with Gasteiger partial charge in [0.1, 0.15) is 0 Å². The van der Waals surface area contributed by atoms with Crippen LogP contribution in [0.5, 0.6) is 0 Å². The summed E-state index contributed by atoms with van der Waals surface area (Å²) in [6.45, 7) is 0. The van der Waals surface area contributed by atoms with Crippen molar-refractivity contribution in [2.45, 2.75) is 0 Å². The Kier molecular flexibility index (Phi) is 3.72. The average Bonchev–Trinajstić information content (AvgIpc) is 3.03. The number of aromatic nitrogens is 1. The molecule has 0 N–H and O–H groups in total. The Morgan fingerprint density at radius 2 is 0.960 bits per heavy atom. The van der Waals surface area contributed by atoms with Gasteiger partial charge in [0.25, 0.3) is 0 Å². The summed E-state index contributed by atoms with van der Waals surface area (Å²) in [5.74, 6) is 0. The van der Waals surface area contributed by atoms with Crippen LogP contribution in [-0.4, -0.2) is 26.7 Å². The van der Waals surface area contributed by atoms with Crippen molar-refractivity contribution in [3.63, 3.8) is 0 Å². The summed E-state index contributed by atoms with van der Waals surface area (Å²) in [5.41, 5.74) is 5.25. The van der Waals surface area contributed by atoms with E-state index >= 15 is 0 Å². The van der Waals surface area contributed by atoms with Gasteiger partial charge in [0.05, 0.1) is 0 Å². The van der Waals surface area contributed by atoms with E-state index in [0.29, 0.717) is 0 Å². The van der Waals surface area contributed by atoms with Crippen LogP contribution in [0.2, 0.25) is 0 Å². The predicted octanol–water partition coefficient (Wildman–Crippen LogP) is 3.25. The number of nitrogens with zero attached hydrogens (tertiary/aromatic N) is 1. The first kappa shape index (κ1) is 15.0. The van der Waals surface area contributed by atoms with Gasteiger partial charge in [-0.25, -0.2) is 0 Å². The van der Waals surface area contributed by atoms with Crippen molar-refractivity contribution < 1.29 is 0 Å². The van der Waals surface area contributed by atoms with Crippen LogP contribution in [-0.2, 0) is 0 Å². The topological polar surface area (TPSA) is 12.9 Å². The quantitative estimate of drug-likeness (QED) is 0.329. The first-order valence-corrected chi connectivity index (χ1v) is 13.6. The molecular weight excluding hydrogens is 499 g/mol. The first-order valence-electron chi connectivity index (χ1n) is 8.42. The number of hydrogen-bond acceptors (Lipinski definition) is 1. The summed E-state index contributed by atoms with van der Waals surface area (Å²) < 4.78 is 4.69. The third kappa shape index (κ3) is 2.44. The summed E-state index contributed by atoms with van der Waals surface area (Å²) in [5, 5.41) is 0. The molecule has 0 bridgehead atoms. The molecule has 118 valence electrons. The minimum atomic E-state index is -2.30. The number of pyridine rings is 1. The summed E-state index contributed by atoms with van der Waals surface area (Å²) in [6.07, 6.45) is 1.89. The van der Waals surface area contributed by atoms with E-state index in [-0.39, 0.29) is 0 Å². The molecule has 0 amide bonds. The number of rotatable bonds is 2. The van der Waals surface area contributed by atoms with E-state index in [9.17, 15) is 0 Å². The summed E-state index contributed by atoms with van der Waals surface area (Å²) >= 11 is -2.30. The first-order chi connectivity index (χ1) is 12.4. The van der Waals surface area contributed by atoms with E-state index in [4.69, 9.17) is 0 Å². The van der Waals surface area contributed by atoms with Crippen LogP contribution in [0.25, 0.3) is 22.4 Å². The summed E-state index contributed by atoms with van der Waals surface area (Å²) in [7, 11) is 0. The molecule has 0 saturated carbocycles. The van der Waals surface area contributed by atoms with Gasteiger partial charge in [-0.15, -0.1) is 0 Å². The Balaban J connectivity index is 1.78. The van der Waals surface area contributed by atoms with Crippen LogP contribution in [0.4, 0.5) is 0 Å². The van der Waals surface area contributed by atoms with Crippen molar-refractivity contribution in [2.24, 2.45) is 0 Å². The van der Waals surface area contributed by atoms with Crippen LogP contribution >= 0.6 is 0 Å². The fourth-order valence-corrected chi connectivity index (χ4v) is 14.4. The van der Waals surface area contributed by atoms with E-state index in [1.54, 1.807) is 6.54 Å². The Hall–Kier alpha value is -2.31. The second-order valence-electron chi connectivity index (χ2n) is 6.10. The van der Waals surface area contributed by atoms with Crippen molar-refractivity contribution in [1.29, 1.82) is 0 Å². The van der Waals surface area contributed by atoms with Gasteiger partial charge in [-0.1, -0.05) is 0 Å².